The first-order chi connectivity index (χ1) is 13.3. The van der Waals surface area contributed by atoms with Crippen molar-refractivity contribution in [2.24, 2.45) is 0 Å². The Morgan fingerprint density at radius 3 is 2.33 bits per heavy atom. The lowest BCUT2D eigenvalue weighted by atomic mass is 10.2. The number of para-hydroxylation sites is 3. The molecule has 0 saturated carbocycles. The highest BCUT2D eigenvalue weighted by Crippen LogP contribution is 2.27. The number of anilines is 4. The lowest BCUT2D eigenvalue weighted by Crippen LogP contribution is -2.46. The van der Waals surface area contributed by atoms with Gasteiger partial charge >= 0.3 is 0 Å². The molecule has 2 aromatic carbocycles. The molecular formula is C21H23N5O. The van der Waals surface area contributed by atoms with Crippen molar-refractivity contribution < 1.29 is 4.74 Å². The van der Waals surface area contributed by atoms with E-state index in [9.17, 15) is 0 Å². The second-order valence-electron chi connectivity index (χ2n) is 6.40. The van der Waals surface area contributed by atoms with E-state index in [-0.39, 0.29) is 0 Å². The van der Waals surface area contributed by atoms with Gasteiger partial charge in [0.15, 0.2) is 0 Å². The van der Waals surface area contributed by atoms with Crippen LogP contribution in [0.25, 0.3) is 0 Å². The summed E-state index contributed by atoms with van der Waals surface area (Å²) < 4.78 is 5.40. The van der Waals surface area contributed by atoms with Gasteiger partial charge in [-0.15, -0.1) is 0 Å². The summed E-state index contributed by atoms with van der Waals surface area (Å²) in [5, 5.41) is 3.32. The third kappa shape index (κ3) is 3.95. The Hall–Kier alpha value is -3.28. The lowest BCUT2D eigenvalue weighted by Gasteiger charge is -2.36. The second kappa shape index (κ2) is 7.95. The van der Waals surface area contributed by atoms with Crippen molar-refractivity contribution in [2.75, 3.05) is 48.4 Å². The van der Waals surface area contributed by atoms with E-state index < -0.39 is 0 Å². The van der Waals surface area contributed by atoms with Crippen molar-refractivity contribution in [3.05, 3.63) is 67.0 Å². The zero-order chi connectivity index (χ0) is 18.5. The topological polar surface area (TPSA) is 53.5 Å². The Labute approximate surface area is 159 Å². The van der Waals surface area contributed by atoms with Gasteiger partial charge in [0.2, 0.25) is 0 Å². The number of hydrogen-bond acceptors (Lipinski definition) is 6. The van der Waals surface area contributed by atoms with Crippen LogP contribution in [0.15, 0.2) is 67.0 Å². The third-order valence-corrected chi connectivity index (χ3v) is 4.75. The van der Waals surface area contributed by atoms with E-state index in [4.69, 9.17) is 4.74 Å². The molecule has 0 unspecified atom stereocenters. The first-order valence-electron chi connectivity index (χ1n) is 9.10. The molecule has 4 rings (SSSR count). The number of piperazine rings is 1. The predicted molar refractivity (Wildman–Crippen MR) is 109 cm³/mol. The Morgan fingerprint density at radius 2 is 1.56 bits per heavy atom. The summed E-state index contributed by atoms with van der Waals surface area (Å²) in [6.45, 7) is 3.81. The lowest BCUT2D eigenvalue weighted by molar-refractivity contribution is 0.417. The number of benzene rings is 2. The van der Waals surface area contributed by atoms with Crippen LogP contribution in [0.3, 0.4) is 0 Å². The molecule has 1 N–H and O–H groups in total. The van der Waals surface area contributed by atoms with Gasteiger partial charge in [0.05, 0.1) is 12.8 Å². The number of rotatable bonds is 5. The number of ether oxygens (including phenoxy) is 1. The minimum Gasteiger partial charge on any atom is -0.495 e. The normalized spacial score (nSPS) is 14.1. The van der Waals surface area contributed by atoms with Crippen molar-refractivity contribution in [3.63, 3.8) is 0 Å². The Kier molecular flexibility index (Phi) is 5.05. The smallest absolute Gasteiger partial charge is 0.142 e. The highest BCUT2D eigenvalue weighted by atomic mass is 16.5. The number of nitrogens with one attached hydrogen (secondary N) is 1. The summed E-state index contributed by atoms with van der Waals surface area (Å²) in [4.78, 5) is 13.5. The van der Waals surface area contributed by atoms with Crippen molar-refractivity contribution in [3.8, 4) is 5.75 Å². The Morgan fingerprint density at radius 1 is 0.852 bits per heavy atom. The maximum atomic E-state index is 5.40. The van der Waals surface area contributed by atoms with E-state index >= 15 is 0 Å². The Balaban J connectivity index is 1.44. The first-order valence-corrected chi connectivity index (χ1v) is 9.10. The van der Waals surface area contributed by atoms with Crippen LogP contribution in [0, 0.1) is 0 Å². The van der Waals surface area contributed by atoms with Gasteiger partial charge in [0, 0.05) is 37.9 Å². The largest absolute Gasteiger partial charge is 0.495 e. The standard InChI is InChI=1S/C21H23N5O/c1-27-19-10-6-5-9-18(19)24-20-15-21(23-16-22-20)26-13-11-25(12-14-26)17-7-3-2-4-8-17/h2-10,15-16H,11-14H2,1H3,(H,22,23,24). The van der Waals surface area contributed by atoms with Gasteiger partial charge in [0.25, 0.3) is 0 Å². The first kappa shape index (κ1) is 17.1. The molecule has 6 heteroatoms. The quantitative estimate of drug-likeness (QED) is 0.750. The second-order valence-corrected chi connectivity index (χ2v) is 6.40. The van der Waals surface area contributed by atoms with E-state index in [1.165, 1.54) is 5.69 Å². The van der Waals surface area contributed by atoms with Gasteiger partial charge < -0.3 is 19.9 Å². The van der Waals surface area contributed by atoms with E-state index in [1.807, 2.05) is 30.3 Å². The van der Waals surface area contributed by atoms with Gasteiger partial charge in [-0.25, -0.2) is 9.97 Å². The minimum atomic E-state index is 0.759. The number of aromatic nitrogens is 2. The molecular weight excluding hydrogens is 338 g/mol. The molecule has 3 aromatic rings. The fourth-order valence-electron chi connectivity index (χ4n) is 3.31. The SMILES string of the molecule is COc1ccccc1Nc1cc(N2CCN(c3ccccc3)CC2)ncn1. The fraction of sp³-hybridized carbons (Fsp3) is 0.238. The zero-order valence-corrected chi connectivity index (χ0v) is 15.4. The van der Waals surface area contributed by atoms with Crippen molar-refractivity contribution in [2.45, 2.75) is 0 Å². The van der Waals surface area contributed by atoms with Crippen LogP contribution in [0.5, 0.6) is 5.75 Å². The minimum absolute atomic E-state index is 0.759. The molecule has 1 aliphatic rings. The van der Waals surface area contributed by atoms with Crippen molar-refractivity contribution in [1.82, 2.24) is 9.97 Å². The van der Waals surface area contributed by atoms with E-state index in [0.717, 1.165) is 49.3 Å². The molecule has 138 valence electrons. The summed E-state index contributed by atoms with van der Waals surface area (Å²) in [6, 6.07) is 20.3. The molecule has 6 nitrogen and oxygen atoms in total. The number of hydrogen-bond donors (Lipinski definition) is 1. The molecule has 1 fully saturated rings. The maximum absolute atomic E-state index is 5.40. The van der Waals surface area contributed by atoms with Gasteiger partial charge in [-0.1, -0.05) is 30.3 Å². The zero-order valence-electron chi connectivity index (χ0n) is 15.4. The molecule has 27 heavy (non-hydrogen) atoms. The van der Waals surface area contributed by atoms with Gasteiger partial charge in [-0.3, -0.25) is 0 Å². The summed E-state index contributed by atoms with van der Waals surface area (Å²) >= 11 is 0. The van der Waals surface area contributed by atoms with Crippen LogP contribution < -0.4 is 19.9 Å². The van der Waals surface area contributed by atoms with Gasteiger partial charge in [-0.2, -0.15) is 0 Å². The molecule has 1 saturated heterocycles. The van der Waals surface area contributed by atoms with Crippen molar-refractivity contribution >= 4 is 23.0 Å². The molecule has 2 heterocycles. The average molecular weight is 361 g/mol. The maximum Gasteiger partial charge on any atom is 0.142 e. The van der Waals surface area contributed by atoms with E-state index in [1.54, 1.807) is 13.4 Å². The molecule has 0 aliphatic carbocycles. The molecule has 0 bridgehead atoms. The molecule has 0 amide bonds. The van der Waals surface area contributed by atoms with Crippen LogP contribution in [0.4, 0.5) is 23.0 Å². The number of methoxy groups -OCH3 is 1. The highest BCUT2D eigenvalue weighted by molar-refractivity contribution is 5.65. The highest BCUT2D eigenvalue weighted by Gasteiger charge is 2.18. The van der Waals surface area contributed by atoms with Crippen LogP contribution in [0.1, 0.15) is 0 Å². The van der Waals surface area contributed by atoms with E-state index in [2.05, 4.69) is 55.4 Å². The van der Waals surface area contributed by atoms with Crippen LogP contribution in [0.2, 0.25) is 0 Å². The molecule has 1 aliphatic heterocycles. The van der Waals surface area contributed by atoms with Crippen molar-refractivity contribution in [1.29, 1.82) is 0 Å². The molecule has 1 aromatic heterocycles. The third-order valence-electron chi connectivity index (χ3n) is 4.75. The van der Waals surface area contributed by atoms with Crippen LogP contribution in [-0.4, -0.2) is 43.3 Å². The fourth-order valence-corrected chi connectivity index (χ4v) is 3.31. The van der Waals surface area contributed by atoms with Gasteiger partial charge in [0.1, 0.15) is 23.7 Å². The van der Waals surface area contributed by atoms with Crippen LogP contribution in [-0.2, 0) is 0 Å². The molecule has 0 atom stereocenters. The number of nitrogens with zero attached hydrogens (tertiary/aromatic N) is 4. The van der Waals surface area contributed by atoms with Gasteiger partial charge in [-0.05, 0) is 24.3 Å². The average Bonchev–Trinajstić information content (AvgIpc) is 2.75. The molecule has 0 spiro atoms. The molecule has 0 radical (unpaired) electrons. The monoisotopic (exact) mass is 361 g/mol. The predicted octanol–water partition coefficient (Wildman–Crippen LogP) is 3.56. The van der Waals surface area contributed by atoms with Crippen LogP contribution >= 0.6 is 0 Å². The summed E-state index contributed by atoms with van der Waals surface area (Å²) in [6.07, 6.45) is 1.61. The summed E-state index contributed by atoms with van der Waals surface area (Å²) in [5.74, 6) is 2.49. The van der Waals surface area contributed by atoms with E-state index in [0.29, 0.717) is 0 Å². The summed E-state index contributed by atoms with van der Waals surface area (Å²) in [7, 11) is 1.66. The summed E-state index contributed by atoms with van der Waals surface area (Å²) in [5.41, 5.74) is 2.16. The Bertz CT molecular complexity index is 879.